The van der Waals surface area contributed by atoms with Crippen LogP contribution in [0, 0.1) is 0 Å². The Bertz CT molecular complexity index is 1510. The van der Waals surface area contributed by atoms with Gasteiger partial charge in [-0.2, -0.15) is 10.1 Å². The maximum absolute atomic E-state index is 13.5. The molecule has 1 aliphatic rings. The zero-order valence-electron chi connectivity index (χ0n) is 18.4. The van der Waals surface area contributed by atoms with Crippen molar-refractivity contribution in [3.8, 4) is 17.1 Å². The molecule has 0 amide bonds. The molecule has 0 aromatic carbocycles. The van der Waals surface area contributed by atoms with Gasteiger partial charge in [-0.05, 0) is 25.3 Å². The largest absolute Gasteiger partial charge is 0.450 e. The minimum absolute atomic E-state index is 0.0280. The summed E-state index contributed by atoms with van der Waals surface area (Å²) in [7, 11) is 1.83. The van der Waals surface area contributed by atoms with E-state index < -0.39 is 0 Å². The molecule has 168 valence electrons. The summed E-state index contributed by atoms with van der Waals surface area (Å²) in [6.07, 6.45) is 12.9. The summed E-state index contributed by atoms with van der Waals surface area (Å²) in [4.78, 5) is 26.6. The minimum atomic E-state index is -0.299. The number of rotatable bonds is 4. The van der Waals surface area contributed by atoms with Gasteiger partial charge in [-0.25, -0.2) is 14.8 Å². The fourth-order valence-electron chi connectivity index (χ4n) is 4.67. The van der Waals surface area contributed by atoms with E-state index in [0.29, 0.717) is 29.3 Å². The molecule has 6 rings (SSSR count). The third-order valence-electron chi connectivity index (χ3n) is 6.31. The van der Waals surface area contributed by atoms with Gasteiger partial charge in [-0.1, -0.05) is 6.92 Å². The van der Waals surface area contributed by atoms with Gasteiger partial charge < -0.3 is 9.15 Å². The molecule has 5 aromatic heterocycles. The van der Waals surface area contributed by atoms with Gasteiger partial charge in [0, 0.05) is 43.9 Å². The molecule has 5 aromatic rings. The van der Waals surface area contributed by atoms with E-state index in [-0.39, 0.29) is 17.8 Å². The second kappa shape index (κ2) is 7.66. The van der Waals surface area contributed by atoms with E-state index in [1.54, 1.807) is 34.2 Å². The maximum atomic E-state index is 13.5. The first-order chi connectivity index (χ1) is 16.1. The standard InChI is InChI=1S/C23H23N7O3/c1-3-16-8-15(4-7-32-16)30-21-17-9-19(29-6-5-24-13-29)25-11-18(17)33-22(21)20(27-23(30)31)14-10-26-28(2)12-14/h5-6,9-13,15-16H,3-4,7-8H2,1-2H3/t15-,16-/m0/s1. The van der Waals surface area contributed by atoms with Gasteiger partial charge in [0.1, 0.15) is 23.4 Å². The quantitative estimate of drug-likeness (QED) is 0.418. The lowest BCUT2D eigenvalue weighted by molar-refractivity contribution is -0.00709. The number of hydrogen-bond donors (Lipinski definition) is 0. The van der Waals surface area contributed by atoms with Gasteiger partial charge in [0.05, 0.1) is 23.9 Å². The van der Waals surface area contributed by atoms with Crippen molar-refractivity contribution in [1.82, 2.24) is 33.9 Å². The molecule has 10 heteroatoms. The van der Waals surface area contributed by atoms with Crippen LogP contribution >= 0.6 is 0 Å². The van der Waals surface area contributed by atoms with Gasteiger partial charge >= 0.3 is 5.69 Å². The van der Waals surface area contributed by atoms with Crippen LogP contribution < -0.4 is 5.69 Å². The average Bonchev–Trinajstić information content (AvgIpc) is 3.58. The molecule has 0 spiro atoms. The number of imidazole rings is 1. The van der Waals surface area contributed by atoms with Crippen LogP contribution in [0.5, 0.6) is 0 Å². The van der Waals surface area contributed by atoms with Crippen molar-refractivity contribution >= 4 is 22.1 Å². The molecule has 0 aliphatic carbocycles. The summed E-state index contributed by atoms with van der Waals surface area (Å²) < 4.78 is 17.5. The summed E-state index contributed by atoms with van der Waals surface area (Å²) in [5.74, 6) is 0.694. The highest BCUT2D eigenvalue weighted by molar-refractivity contribution is 6.06. The van der Waals surface area contributed by atoms with E-state index in [9.17, 15) is 4.79 Å². The van der Waals surface area contributed by atoms with Crippen LogP contribution in [0.25, 0.3) is 39.1 Å². The van der Waals surface area contributed by atoms with Gasteiger partial charge in [0.2, 0.25) is 0 Å². The number of aryl methyl sites for hydroxylation is 1. The van der Waals surface area contributed by atoms with E-state index in [0.717, 1.165) is 35.7 Å². The monoisotopic (exact) mass is 445 g/mol. The van der Waals surface area contributed by atoms with E-state index in [1.807, 2.05) is 30.1 Å². The normalized spacial score (nSPS) is 19.0. The molecular formula is C23H23N7O3. The van der Waals surface area contributed by atoms with Crippen LogP contribution in [-0.4, -0.2) is 46.6 Å². The number of nitrogens with zero attached hydrogens (tertiary/aromatic N) is 7. The second-order valence-electron chi connectivity index (χ2n) is 8.38. The van der Waals surface area contributed by atoms with Crippen LogP contribution in [0.4, 0.5) is 0 Å². The third-order valence-corrected chi connectivity index (χ3v) is 6.31. The summed E-state index contributed by atoms with van der Waals surface area (Å²) in [5.41, 5.74) is 2.80. The van der Waals surface area contributed by atoms with Gasteiger partial charge in [-0.15, -0.1) is 0 Å². The highest BCUT2D eigenvalue weighted by Gasteiger charge is 2.29. The number of fused-ring (bicyclic) bond motifs is 3. The first-order valence-corrected chi connectivity index (χ1v) is 11.1. The summed E-state index contributed by atoms with van der Waals surface area (Å²) in [5, 5.41) is 5.06. The topological polar surface area (TPSA) is 106 Å². The predicted octanol–water partition coefficient (Wildman–Crippen LogP) is 3.25. The van der Waals surface area contributed by atoms with E-state index >= 15 is 0 Å². The highest BCUT2D eigenvalue weighted by atomic mass is 16.5. The smallest absolute Gasteiger partial charge is 0.349 e. The molecule has 0 bridgehead atoms. The third kappa shape index (κ3) is 3.25. The number of aromatic nitrogens is 7. The molecule has 2 atom stereocenters. The highest BCUT2D eigenvalue weighted by Crippen LogP contribution is 2.37. The van der Waals surface area contributed by atoms with Crippen LogP contribution in [0.3, 0.4) is 0 Å². The molecule has 1 saturated heterocycles. The van der Waals surface area contributed by atoms with E-state index in [1.165, 1.54) is 0 Å². The lowest BCUT2D eigenvalue weighted by Gasteiger charge is -2.30. The lowest BCUT2D eigenvalue weighted by atomic mass is 10.0. The van der Waals surface area contributed by atoms with Crippen LogP contribution in [-0.2, 0) is 11.8 Å². The summed E-state index contributed by atoms with van der Waals surface area (Å²) in [6.45, 7) is 2.71. The Morgan fingerprint density at radius 1 is 1.27 bits per heavy atom. The Balaban J connectivity index is 1.66. The van der Waals surface area contributed by atoms with Gasteiger partial charge in [0.25, 0.3) is 0 Å². The molecule has 0 saturated carbocycles. The molecule has 0 N–H and O–H groups in total. The first kappa shape index (κ1) is 19.9. The summed E-state index contributed by atoms with van der Waals surface area (Å²) >= 11 is 0. The Kier molecular flexibility index (Phi) is 4.61. The van der Waals surface area contributed by atoms with Gasteiger partial charge in [-0.3, -0.25) is 13.8 Å². The Hall–Kier alpha value is -3.79. The van der Waals surface area contributed by atoms with Crippen molar-refractivity contribution in [3.05, 3.63) is 53.9 Å². The van der Waals surface area contributed by atoms with Crippen LogP contribution in [0.15, 0.2) is 52.6 Å². The average molecular weight is 445 g/mol. The Morgan fingerprint density at radius 2 is 2.18 bits per heavy atom. The molecule has 0 unspecified atom stereocenters. The van der Waals surface area contributed by atoms with Crippen molar-refractivity contribution < 1.29 is 9.15 Å². The van der Waals surface area contributed by atoms with Crippen molar-refractivity contribution in [2.24, 2.45) is 7.05 Å². The van der Waals surface area contributed by atoms with Crippen molar-refractivity contribution in [2.75, 3.05) is 6.61 Å². The van der Waals surface area contributed by atoms with E-state index in [2.05, 4.69) is 27.0 Å². The zero-order chi connectivity index (χ0) is 22.5. The Labute approximate surface area is 188 Å². The molecule has 33 heavy (non-hydrogen) atoms. The first-order valence-electron chi connectivity index (χ1n) is 11.1. The maximum Gasteiger partial charge on any atom is 0.349 e. The molecule has 6 heterocycles. The molecule has 1 fully saturated rings. The SMILES string of the molecule is CC[C@H]1C[C@@H](n2c(=O)nc(-c3cnn(C)c3)c3oc4cnc(-n5ccnc5)cc4c32)CCO1. The zero-order valence-corrected chi connectivity index (χ0v) is 18.4. The molecule has 10 nitrogen and oxygen atoms in total. The van der Waals surface area contributed by atoms with E-state index in [4.69, 9.17) is 9.15 Å². The number of pyridine rings is 1. The van der Waals surface area contributed by atoms with Gasteiger partial charge in [0.15, 0.2) is 11.2 Å². The van der Waals surface area contributed by atoms with Crippen LogP contribution in [0.1, 0.15) is 32.2 Å². The van der Waals surface area contributed by atoms with Crippen molar-refractivity contribution in [1.29, 1.82) is 0 Å². The number of hydrogen-bond acceptors (Lipinski definition) is 7. The fourth-order valence-corrected chi connectivity index (χ4v) is 4.67. The van der Waals surface area contributed by atoms with Crippen molar-refractivity contribution in [3.63, 3.8) is 0 Å². The molecule has 0 radical (unpaired) electrons. The lowest BCUT2D eigenvalue weighted by Crippen LogP contribution is -2.34. The second-order valence-corrected chi connectivity index (χ2v) is 8.38. The number of furan rings is 1. The summed E-state index contributed by atoms with van der Waals surface area (Å²) in [6, 6.07) is 1.91. The van der Waals surface area contributed by atoms with Crippen molar-refractivity contribution in [2.45, 2.75) is 38.3 Å². The predicted molar refractivity (Wildman–Crippen MR) is 121 cm³/mol. The molecular weight excluding hydrogens is 422 g/mol. The Morgan fingerprint density at radius 3 is 2.94 bits per heavy atom. The van der Waals surface area contributed by atoms with Crippen LogP contribution in [0.2, 0.25) is 0 Å². The molecule has 1 aliphatic heterocycles. The number of ether oxygens (including phenoxy) is 1. The fraction of sp³-hybridized carbons (Fsp3) is 0.348. The minimum Gasteiger partial charge on any atom is -0.450 e.